The molecule has 0 aliphatic carbocycles. The predicted octanol–water partition coefficient (Wildman–Crippen LogP) is 4.08. The van der Waals surface area contributed by atoms with Gasteiger partial charge in [-0.15, -0.1) is 5.10 Å². The molecule has 3 aromatic heterocycles. The van der Waals surface area contributed by atoms with Crippen molar-refractivity contribution in [2.24, 2.45) is 0 Å². The standard InChI is InChI=1S/C25H25F2N7O2S/c1-13(2)34-19-11-15(10-16(26)22(19)37-24(36)23(34)35)21-17(27)12-28-25(30-21)29-20-5-4-18(31-32-20)14-6-8-33(3)9-7-14/h4-5,10-14H,6-9H2,1-3H3,(H,28,29,30,32). The number of rotatable bonds is 5. The normalized spacial score (nSPS) is 15.0. The quantitative estimate of drug-likeness (QED) is 0.389. The molecule has 5 rings (SSSR count). The van der Waals surface area contributed by atoms with Crippen molar-refractivity contribution in [3.05, 3.63) is 67.7 Å². The number of likely N-dealkylation sites (tertiary alicyclic amines) is 1. The van der Waals surface area contributed by atoms with Gasteiger partial charge in [0.2, 0.25) is 5.95 Å². The first kappa shape index (κ1) is 25.0. The highest BCUT2D eigenvalue weighted by atomic mass is 32.1. The average molecular weight is 526 g/mol. The van der Waals surface area contributed by atoms with Crippen LogP contribution in [0.15, 0.2) is 40.1 Å². The van der Waals surface area contributed by atoms with Crippen LogP contribution in [0.5, 0.6) is 0 Å². The molecule has 1 aromatic carbocycles. The minimum atomic E-state index is -0.768. The largest absolute Gasteiger partial charge is 0.309 e. The van der Waals surface area contributed by atoms with Crippen molar-refractivity contribution in [3.8, 4) is 11.3 Å². The van der Waals surface area contributed by atoms with Crippen LogP contribution in [-0.4, -0.2) is 49.8 Å². The third kappa shape index (κ3) is 4.98. The Kier molecular flexibility index (Phi) is 6.78. The number of hydrogen-bond acceptors (Lipinski definition) is 9. The van der Waals surface area contributed by atoms with Gasteiger partial charge in [0.25, 0.3) is 4.74 Å². The number of nitrogens with zero attached hydrogens (tertiary/aromatic N) is 6. The maximum atomic E-state index is 15.0. The summed E-state index contributed by atoms with van der Waals surface area (Å²) in [5, 5.41) is 11.5. The zero-order valence-electron chi connectivity index (χ0n) is 20.5. The Morgan fingerprint density at radius 2 is 1.84 bits per heavy atom. The summed E-state index contributed by atoms with van der Waals surface area (Å²) in [6.07, 6.45) is 3.02. The van der Waals surface area contributed by atoms with E-state index in [1.165, 1.54) is 10.6 Å². The lowest BCUT2D eigenvalue weighted by Crippen LogP contribution is -2.33. The molecule has 37 heavy (non-hydrogen) atoms. The fraction of sp³-hybridized carbons (Fsp3) is 0.360. The summed E-state index contributed by atoms with van der Waals surface area (Å²) < 4.78 is 30.3. The molecule has 4 aromatic rings. The predicted molar refractivity (Wildman–Crippen MR) is 138 cm³/mol. The highest BCUT2D eigenvalue weighted by Gasteiger charge is 2.21. The van der Waals surface area contributed by atoms with Crippen LogP contribution in [0, 0.1) is 11.6 Å². The third-order valence-corrected chi connectivity index (χ3v) is 7.44. The minimum Gasteiger partial charge on any atom is -0.307 e. The molecule has 1 saturated heterocycles. The summed E-state index contributed by atoms with van der Waals surface area (Å²) in [6.45, 7) is 5.45. The van der Waals surface area contributed by atoms with Gasteiger partial charge in [0.05, 0.1) is 22.1 Å². The fourth-order valence-corrected chi connectivity index (χ4v) is 5.32. The number of fused-ring (bicyclic) bond motifs is 1. The van der Waals surface area contributed by atoms with Crippen molar-refractivity contribution < 1.29 is 8.78 Å². The zero-order chi connectivity index (χ0) is 26.3. The van der Waals surface area contributed by atoms with Crippen molar-refractivity contribution in [1.29, 1.82) is 0 Å². The summed E-state index contributed by atoms with van der Waals surface area (Å²) in [4.78, 5) is 35.0. The van der Waals surface area contributed by atoms with E-state index in [9.17, 15) is 14.0 Å². The Morgan fingerprint density at radius 3 is 2.51 bits per heavy atom. The molecule has 0 amide bonds. The summed E-state index contributed by atoms with van der Waals surface area (Å²) in [7, 11) is 2.10. The van der Waals surface area contributed by atoms with E-state index in [1.54, 1.807) is 19.9 Å². The monoisotopic (exact) mass is 525 g/mol. The molecular weight excluding hydrogens is 500 g/mol. The van der Waals surface area contributed by atoms with Crippen molar-refractivity contribution in [3.63, 3.8) is 0 Å². The van der Waals surface area contributed by atoms with Gasteiger partial charge in [-0.1, -0.05) is 11.3 Å². The van der Waals surface area contributed by atoms with Crippen LogP contribution in [-0.2, 0) is 0 Å². The van der Waals surface area contributed by atoms with Gasteiger partial charge in [0.15, 0.2) is 11.6 Å². The van der Waals surface area contributed by atoms with E-state index >= 15 is 4.39 Å². The number of anilines is 2. The van der Waals surface area contributed by atoms with Gasteiger partial charge < -0.3 is 14.8 Å². The van der Waals surface area contributed by atoms with Crippen LogP contribution >= 0.6 is 11.3 Å². The average Bonchev–Trinajstić information content (AvgIpc) is 2.87. The van der Waals surface area contributed by atoms with E-state index in [0.29, 0.717) is 23.1 Å². The number of piperidine rings is 1. The second-order valence-corrected chi connectivity index (χ2v) is 10.4. The second-order valence-electron chi connectivity index (χ2n) is 9.40. The molecule has 0 radical (unpaired) electrons. The van der Waals surface area contributed by atoms with Gasteiger partial charge in [0, 0.05) is 17.5 Å². The molecule has 1 aliphatic rings. The number of halogens is 2. The summed E-state index contributed by atoms with van der Waals surface area (Å²) in [5.41, 5.74) is 0.313. The zero-order valence-corrected chi connectivity index (χ0v) is 21.4. The SMILES string of the molecule is CC(C)n1c(=O)c(=O)sc2c(F)cc(-c3nc(Nc4ccc(C5CCN(C)CC5)nn4)ncc3F)cc21. The van der Waals surface area contributed by atoms with Gasteiger partial charge in [0.1, 0.15) is 11.5 Å². The highest BCUT2D eigenvalue weighted by Crippen LogP contribution is 2.30. The van der Waals surface area contributed by atoms with Crippen molar-refractivity contribution in [1.82, 2.24) is 29.6 Å². The van der Waals surface area contributed by atoms with E-state index < -0.39 is 28.0 Å². The van der Waals surface area contributed by atoms with Crippen LogP contribution in [0.1, 0.15) is 44.3 Å². The first-order chi connectivity index (χ1) is 17.7. The molecule has 9 nitrogen and oxygen atoms in total. The molecule has 0 spiro atoms. The molecule has 1 N–H and O–H groups in total. The van der Waals surface area contributed by atoms with Crippen LogP contribution in [0.4, 0.5) is 20.5 Å². The Morgan fingerprint density at radius 1 is 1.08 bits per heavy atom. The smallest absolute Gasteiger partial charge is 0.307 e. The number of nitrogens with one attached hydrogen (secondary N) is 1. The molecule has 1 fully saturated rings. The van der Waals surface area contributed by atoms with E-state index in [0.717, 1.165) is 43.9 Å². The number of aromatic nitrogens is 5. The van der Waals surface area contributed by atoms with E-state index in [2.05, 4.69) is 37.4 Å². The molecule has 192 valence electrons. The molecule has 0 bridgehead atoms. The van der Waals surface area contributed by atoms with Crippen LogP contribution in [0.3, 0.4) is 0 Å². The maximum Gasteiger partial charge on any atom is 0.309 e. The second kappa shape index (κ2) is 10.0. The van der Waals surface area contributed by atoms with Gasteiger partial charge >= 0.3 is 5.56 Å². The molecule has 0 atom stereocenters. The van der Waals surface area contributed by atoms with Crippen LogP contribution in [0.2, 0.25) is 0 Å². The summed E-state index contributed by atoms with van der Waals surface area (Å²) >= 11 is 0.531. The third-order valence-electron chi connectivity index (χ3n) is 6.47. The molecule has 1 aliphatic heterocycles. The van der Waals surface area contributed by atoms with Gasteiger partial charge in [-0.3, -0.25) is 9.59 Å². The lowest BCUT2D eigenvalue weighted by Gasteiger charge is -2.28. The molecule has 12 heteroatoms. The molecule has 0 unspecified atom stereocenters. The lowest BCUT2D eigenvalue weighted by atomic mass is 9.94. The molecule has 0 saturated carbocycles. The molecule has 4 heterocycles. The van der Waals surface area contributed by atoms with Gasteiger partial charge in [-0.25, -0.2) is 18.7 Å². The first-order valence-electron chi connectivity index (χ1n) is 11.9. The first-order valence-corrected chi connectivity index (χ1v) is 12.7. The summed E-state index contributed by atoms with van der Waals surface area (Å²) in [6, 6.07) is 5.83. The fourth-order valence-electron chi connectivity index (χ4n) is 4.53. The Balaban J connectivity index is 1.47. The summed E-state index contributed by atoms with van der Waals surface area (Å²) in [5.74, 6) is -0.715. The van der Waals surface area contributed by atoms with E-state index in [4.69, 9.17) is 0 Å². The highest BCUT2D eigenvalue weighted by molar-refractivity contribution is 7.16. The van der Waals surface area contributed by atoms with Crippen molar-refractivity contribution >= 4 is 33.3 Å². The van der Waals surface area contributed by atoms with Gasteiger partial charge in [-0.2, -0.15) is 5.10 Å². The number of benzene rings is 1. The lowest BCUT2D eigenvalue weighted by molar-refractivity contribution is 0.253. The topological polar surface area (TPSA) is 106 Å². The van der Waals surface area contributed by atoms with Crippen LogP contribution < -0.4 is 15.6 Å². The van der Waals surface area contributed by atoms with Crippen molar-refractivity contribution in [2.75, 3.05) is 25.5 Å². The number of hydrogen-bond donors (Lipinski definition) is 1. The molecular formula is C25H25F2N7O2S. The van der Waals surface area contributed by atoms with E-state index in [1.807, 2.05) is 6.07 Å². The van der Waals surface area contributed by atoms with Crippen LogP contribution in [0.25, 0.3) is 21.5 Å². The van der Waals surface area contributed by atoms with Gasteiger partial charge in [-0.05, 0) is 71.1 Å². The minimum absolute atomic E-state index is 0.0230. The Bertz CT molecular complexity index is 1580. The Hall–Kier alpha value is -3.64. The van der Waals surface area contributed by atoms with Crippen molar-refractivity contribution in [2.45, 2.75) is 38.6 Å². The maximum absolute atomic E-state index is 15.0. The van der Waals surface area contributed by atoms with E-state index in [-0.39, 0.29) is 27.4 Å². The Labute approximate surface area is 214 Å².